The zero-order chi connectivity index (χ0) is 24.5. The van der Waals surface area contributed by atoms with Crippen LogP contribution in [0.3, 0.4) is 0 Å². The number of hydrogen-bond donors (Lipinski definition) is 1. The molecule has 1 unspecified atom stereocenters. The van der Waals surface area contributed by atoms with Gasteiger partial charge in [0.15, 0.2) is 5.78 Å². The summed E-state index contributed by atoms with van der Waals surface area (Å²) in [4.78, 5) is 24.9. The number of esters is 1. The first-order valence-electron chi connectivity index (χ1n) is 10.5. The summed E-state index contributed by atoms with van der Waals surface area (Å²) in [7, 11) is 0. The fourth-order valence-electron chi connectivity index (χ4n) is 2.87. The van der Waals surface area contributed by atoms with Crippen molar-refractivity contribution >= 4 is 28.4 Å². The molecule has 6 nitrogen and oxygen atoms in total. The van der Waals surface area contributed by atoms with Crippen LogP contribution < -0.4 is 4.74 Å². The van der Waals surface area contributed by atoms with Gasteiger partial charge >= 0.3 is 5.97 Å². The van der Waals surface area contributed by atoms with Gasteiger partial charge in [-0.2, -0.15) is 5.26 Å². The summed E-state index contributed by atoms with van der Waals surface area (Å²) < 4.78 is 9.93. The zero-order valence-corrected chi connectivity index (χ0v) is 20.0. The van der Waals surface area contributed by atoms with Gasteiger partial charge in [-0.25, -0.2) is 0 Å². The number of rotatable bonds is 12. The molecule has 0 amide bonds. The SMILES string of the molecule is C=C(SC(C)(C#N)CCC(=O)OCCOc1ccc(C(=O)C(C)(C)O)cc1)c1ccccc1. The molecular weight excluding hydrogens is 438 g/mol. The molecule has 0 aliphatic heterocycles. The molecule has 0 bridgehead atoms. The number of thioether (sulfide) groups is 1. The summed E-state index contributed by atoms with van der Waals surface area (Å²) in [6.45, 7) is 8.93. The minimum Gasteiger partial charge on any atom is -0.490 e. The molecule has 2 aromatic rings. The Morgan fingerprint density at radius 3 is 2.24 bits per heavy atom. The fourth-order valence-corrected chi connectivity index (χ4v) is 3.92. The number of ketones is 1. The molecule has 2 rings (SSSR count). The average molecular weight is 468 g/mol. The van der Waals surface area contributed by atoms with E-state index in [9.17, 15) is 20.0 Å². The van der Waals surface area contributed by atoms with Gasteiger partial charge in [0.2, 0.25) is 0 Å². The smallest absolute Gasteiger partial charge is 0.305 e. The Balaban J connectivity index is 1.73. The summed E-state index contributed by atoms with van der Waals surface area (Å²) >= 11 is 1.34. The van der Waals surface area contributed by atoms with Crippen molar-refractivity contribution in [3.8, 4) is 11.8 Å². The van der Waals surface area contributed by atoms with E-state index in [0.717, 1.165) is 10.5 Å². The van der Waals surface area contributed by atoms with E-state index in [0.29, 0.717) is 17.7 Å². The molecule has 174 valence electrons. The van der Waals surface area contributed by atoms with Gasteiger partial charge in [0.05, 0.1) is 6.07 Å². The number of Topliss-reactive ketones (excluding diaryl/α,β-unsaturated/α-hetero) is 1. The highest BCUT2D eigenvalue weighted by molar-refractivity contribution is 8.09. The first-order valence-corrected chi connectivity index (χ1v) is 11.4. The van der Waals surface area contributed by atoms with Crippen LogP contribution in [0.1, 0.15) is 49.5 Å². The van der Waals surface area contributed by atoms with Crippen LogP contribution in [0.25, 0.3) is 4.91 Å². The number of carbonyl (C=O) groups excluding carboxylic acids is 2. The summed E-state index contributed by atoms with van der Waals surface area (Å²) in [6.07, 6.45) is 0.434. The Hall–Kier alpha value is -3.08. The van der Waals surface area contributed by atoms with E-state index in [-0.39, 0.29) is 25.4 Å². The van der Waals surface area contributed by atoms with Crippen molar-refractivity contribution in [3.63, 3.8) is 0 Å². The highest BCUT2D eigenvalue weighted by Gasteiger charge is 2.28. The second-order valence-electron chi connectivity index (χ2n) is 8.22. The summed E-state index contributed by atoms with van der Waals surface area (Å²) in [5.74, 6) is -0.263. The maximum Gasteiger partial charge on any atom is 0.305 e. The standard InChI is InChI=1S/C26H29NO5S/c1-19(20-8-6-5-7-9-20)33-26(4,18-27)15-14-23(28)32-17-16-31-22-12-10-21(11-13-22)24(29)25(2,3)30/h5-13,30H,1,14-17H2,2-4H3. The van der Waals surface area contributed by atoms with Crippen LogP contribution >= 0.6 is 11.8 Å². The third-order valence-electron chi connectivity index (χ3n) is 4.77. The van der Waals surface area contributed by atoms with E-state index >= 15 is 0 Å². The predicted molar refractivity (Wildman–Crippen MR) is 130 cm³/mol. The van der Waals surface area contributed by atoms with Crippen molar-refractivity contribution in [2.75, 3.05) is 13.2 Å². The van der Waals surface area contributed by atoms with E-state index < -0.39 is 16.3 Å². The molecule has 0 heterocycles. The first-order chi connectivity index (χ1) is 15.5. The van der Waals surface area contributed by atoms with Crippen molar-refractivity contribution in [1.29, 1.82) is 5.26 Å². The Morgan fingerprint density at radius 2 is 1.67 bits per heavy atom. The largest absolute Gasteiger partial charge is 0.490 e. The average Bonchev–Trinajstić information content (AvgIpc) is 2.80. The lowest BCUT2D eigenvalue weighted by Gasteiger charge is -2.21. The molecular formula is C26H29NO5S. The minimum atomic E-state index is -1.44. The molecule has 1 N–H and O–H groups in total. The highest BCUT2D eigenvalue weighted by Crippen LogP contribution is 2.39. The molecule has 2 aromatic carbocycles. The van der Waals surface area contributed by atoms with Crippen molar-refractivity contribution in [1.82, 2.24) is 0 Å². The van der Waals surface area contributed by atoms with Gasteiger partial charge in [-0.15, -0.1) is 11.8 Å². The number of hydrogen-bond acceptors (Lipinski definition) is 7. The summed E-state index contributed by atoms with van der Waals surface area (Å²) in [6, 6.07) is 18.3. The molecule has 0 aliphatic rings. The molecule has 33 heavy (non-hydrogen) atoms. The van der Waals surface area contributed by atoms with Gasteiger partial charge in [-0.1, -0.05) is 36.9 Å². The summed E-state index contributed by atoms with van der Waals surface area (Å²) in [5.41, 5.74) is -0.110. The molecule has 0 saturated heterocycles. The van der Waals surface area contributed by atoms with Crippen LogP contribution in [0.2, 0.25) is 0 Å². The van der Waals surface area contributed by atoms with Crippen LogP contribution in [0.15, 0.2) is 61.2 Å². The van der Waals surface area contributed by atoms with Gasteiger partial charge in [0, 0.05) is 16.9 Å². The van der Waals surface area contributed by atoms with Crippen molar-refractivity contribution < 1.29 is 24.2 Å². The fraction of sp³-hybridized carbons (Fsp3) is 0.346. The Labute approximate surface area is 199 Å². The maximum absolute atomic E-state index is 12.1. The van der Waals surface area contributed by atoms with Crippen molar-refractivity contribution in [2.24, 2.45) is 0 Å². The minimum absolute atomic E-state index is 0.0658. The third kappa shape index (κ3) is 8.41. The van der Waals surface area contributed by atoms with E-state index in [4.69, 9.17) is 9.47 Å². The molecule has 0 radical (unpaired) electrons. The Morgan fingerprint density at radius 1 is 1.03 bits per heavy atom. The normalized spacial score (nSPS) is 12.8. The lowest BCUT2D eigenvalue weighted by molar-refractivity contribution is -0.144. The summed E-state index contributed by atoms with van der Waals surface area (Å²) in [5, 5.41) is 19.4. The number of benzene rings is 2. The topological polar surface area (TPSA) is 96.6 Å². The van der Waals surface area contributed by atoms with E-state index in [2.05, 4.69) is 12.6 Å². The quantitative estimate of drug-likeness (QED) is 0.266. The Bertz CT molecular complexity index is 1010. The van der Waals surface area contributed by atoms with Crippen molar-refractivity contribution in [2.45, 2.75) is 44.0 Å². The lowest BCUT2D eigenvalue weighted by atomic mass is 9.97. The predicted octanol–water partition coefficient (Wildman–Crippen LogP) is 5.03. The van der Waals surface area contributed by atoms with Gasteiger partial charge in [-0.3, -0.25) is 9.59 Å². The maximum atomic E-state index is 12.1. The molecule has 0 saturated carbocycles. The van der Waals surface area contributed by atoms with E-state index in [1.165, 1.54) is 25.6 Å². The second kappa shape index (κ2) is 11.7. The number of nitrogens with zero attached hydrogens (tertiary/aromatic N) is 1. The van der Waals surface area contributed by atoms with E-state index in [1.807, 2.05) is 30.3 Å². The van der Waals surface area contributed by atoms with Crippen LogP contribution in [-0.4, -0.2) is 40.4 Å². The number of ether oxygens (including phenoxy) is 2. The van der Waals surface area contributed by atoms with Crippen LogP contribution in [-0.2, 0) is 9.53 Å². The third-order valence-corrected chi connectivity index (χ3v) is 6.00. The molecule has 1 atom stereocenters. The van der Waals surface area contributed by atoms with Gasteiger partial charge in [0.25, 0.3) is 0 Å². The van der Waals surface area contributed by atoms with Gasteiger partial charge in [0.1, 0.15) is 29.3 Å². The molecule has 0 aliphatic carbocycles. The molecule has 0 spiro atoms. The number of aliphatic hydroxyl groups is 1. The van der Waals surface area contributed by atoms with E-state index in [1.54, 1.807) is 31.2 Å². The number of nitriles is 1. The van der Waals surface area contributed by atoms with Gasteiger partial charge < -0.3 is 14.6 Å². The number of carbonyl (C=O) groups is 2. The van der Waals surface area contributed by atoms with Gasteiger partial charge in [-0.05, 0) is 57.0 Å². The monoisotopic (exact) mass is 467 g/mol. The zero-order valence-electron chi connectivity index (χ0n) is 19.2. The second-order valence-corrected chi connectivity index (χ2v) is 9.81. The first kappa shape index (κ1) is 26.2. The molecule has 0 aromatic heterocycles. The van der Waals surface area contributed by atoms with Crippen molar-refractivity contribution in [3.05, 3.63) is 72.3 Å². The highest BCUT2D eigenvalue weighted by atomic mass is 32.2. The molecule has 0 fully saturated rings. The Kier molecular flexibility index (Phi) is 9.27. The van der Waals surface area contributed by atoms with Crippen LogP contribution in [0.5, 0.6) is 5.75 Å². The lowest BCUT2D eigenvalue weighted by Crippen LogP contribution is -2.30. The van der Waals surface area contributed by atoms with Crippen LogP contribution in [0.4, 0.5) is 0 Å². The molecule has 7 heteroatoms. The van der Waals surface area contributed by atoms with Crippen LogP contribution in [0, 0.1) is 11.3 Å².